The summed E-state index contributed by atoms with van der Waals surface area (Å²) in [5.41, 5.74) is 4.74. The summed E-state index contributed by atoms with van der Waals surface area (Å²) in [7, 11) is 0. The minimum atomic E-state index is 0.370. The molecule has 3 heterocycles. The number of nitrogens with zero attached hydrogens (tertiary/aromatic N) is 2. The van der Waals surface area contributed by atoms with Crippen LogP contribution in [0.2, 0.25) is 0 Å². The zero-order valence-corrected chi connectivity index (χ0v) is 16.1. The highest BCUT2D eigenvalue weighted by Crippen LogP contribution is 2.45. The van der Waals surface area contributed by atoms with Crippen LogP contribution in [0.15, 0.2) is 22.9 Å². The molecule has 0 radical (unpaired) electrons. The number of aromatic amines is 1. The predicted molar refractivity (Wildman–Crippen MR) is 106 cm³/mol. The van der Waals surface area contributed by atoms with Crippen molar-refractivity contribution in [1.82, 2.24) is 15.0 Å². The molecule has 1 saturated carbocycles. The average Bonchev–Trinajstić information content (AvgIpc) is 3.21. The molecule has 2 aliphatic rings. The van der Waals surface area contributed by atoms with E-state index in [0.29, 0.717) is 11.8 Å². The molecule has 0 unspecified atom stereocenters. The second-order valence-corrected chi connectivity index (χ2v) is 8.87. The van der Waals surface area contributed by atoms with Gasteiger partial charge in [0.25, 0.3) is 0 Å². The van der Waals surface area contributed by atoms with Crippen LogP contribution in [0.3, 0.4) is 0 Å². The lowest BCUT2D eigenvalue weighted by Crippen LogP contribution is -2.47. The van der Waals surface area contributed by atoms with E-state index in [9.17, 15) is 0 Å². The first-order valence-electron chi connectivity index (χ1n) is 10.2. The van der Waals surface area contributed by atoms with E-state index in [-0.39, 0.29) is 0 Å². The summed E-state index contributed by atoms with van der Waals surface area (Å²) < 4.78 is 5.73. The molecule has 1 aliphatic heterocycles. The third kappa shape index (κ3) is 2.50. The van der Waals surface area contributed by atoms with Gasteiger partial charge in [0.15, 0.2) is 5.58 Å². The van der Waals surface area contributed by atoms with Gasteiger partial charge in [-0.1, -0.05) is 25.9 Å². The summed E-state index contributed by atoms with van der Waals surface area (Å²) in [6.45, 7) is 9.32. The largest absolute Gasteiger partial charge is 0.361 e. The Morgan fingerprint density at radius 3 is 2.73 bits per heavy atom. The fraction of sp³-hybridized carbons (Fsp3) is 0.591. The molecule has 1 aromatic carbocycles. The van der Waals surface area contributed by atoms with Gasteiger partial charge in [0.2, 0.25) is 0 Å². The van der Waals surface area contributed by atoms with Gasteiger partial charge >= 0.3 is 0 Å². The normalized spacial score (nSPS) is 25.4. The Labute approximate surface area is 154 Å². The number of nitrogens with one attached hydrogen (secondary N) is 1. The van der Waals surface area contributed by atoms with Crippen molar-refractivity contribution in [1.29, 1.82) is 0 Å². The van der Waals surface area contributed by atoms with E-state index in [4.69, 9.17) is 4.52 Å². The SMILES string of the molecule is CC1CCN(C2CC(c3cc4onc(C(C)C)c4c4cc[nH]c34)C2)CC1. The first kappa shape index (κ1) is 16.4. The summed E-state index contributed by atoms with van der Waals surface area (Å²) in [4.78, 5) is 6.23. The molecule has 0 spiro atoms. The Balaban J connectivity index is 1.44. The van der Waals surface area contributed by atoms with Crippen molar-refractivity contribution < 1.29 is 4.52 Å². The van der Waals surface area contributed by atoms with Crippen LogP contribution in [-0.4, -0.2) is 34.2 Å². The van der Waals surface area contributed by atoms with Crippen LogP contribution in [0.25, 0.3) is 21.9 Å². The molecule has 3 aromatic rings. The maximum Gasteiger partial charge on any atom is 0.168 e. The Hall–Kier alpha value is -1.81. The van der Waals surface area contributed by atoms with Crippen LogP contribution in [-0.2, 0) is 0 Å². The number of hydrogen-bond acceptors (Lipinski definition) is 3. The number of piperidine rings is 1. The van der Waals surface area contributed by atoms with Crippen molar-refractivity contribution in [2.45, 2.75) is 64.3 Å². The van der Waals surface area contributed by atoms with Crippen LogP contribution in [0.5, 0.6) is 0 Å². The fourth-order valence-corrected chi connectivity index (χ4v) is 4.96. The van der Waals surface area contributed by atoms with Crippen molar-refractivity contribution in [3.8, 4) is 0 Å². The highest BCUT2D eigenvalue weighted by atomic mass is 16.5. The predicted octanol–water partition coefficient (Wildman–Crippen LogP) is 5.41. The molecular weight excluding hydrogens is 322 g/mol. The number of benzene rings is 1. The zero-order valence-electron chi connectivity index (χ0n) is 16.1. The number of rotatable bonds is 3. The first-order valence-corrected chi connectivity index (χ1v) is 10.2. The molecule has 4 nitrogen and oxygen atoms in total. The van der Waals surface area contributed by atoms with Crippen molar-refractivity contribution in [2.24, 2.45) is 5.92 Å². The van der Waals surface area contributed by atoms with Crippen molar-refractivity contribution >= 4 is 21.9 Å². The van der Waals surface area contributed by atoms with E-state index in [1.54, 1.807) is 0 Å². The number of H-pyrrole nitrogens is 1. The van der Waals surface area contributed by atoms with Gasteiger partial charge in [-0.2, -0.15) is 0 Å². The van der Waals surface area contributed by atoms with E-state index < -0.39 is 0 Å². The van der Waals surface area contributed by atoms with Gasteiger partial charge in [-0.15, -0.1) is 0 Å². The summed E-state index contributed by atoms with van der Waals surface area (Å²) in [5, 5.41) is 6.84. The van der Waals surface area contributed by atoms with E-state index >= 15 is 0 Å². The standard InChI is InChI=1S/C22H29N3O/c1-13(2)21-20-17-4-7-23-22(17)18(12-19(20)26-24-21)15-10-16(11-15)25-8-5-14(3)6-9-25/h4,7,12-16,23H,5-6,8-11H2,1-3H3. The second-order valence-electron chi connectivity index (χ2n) is 8.87. The fourth-order valence-electron chi connectivity index (χ4n) is 4.96. The van der Waals surface area contributed by atoms with E-state index in [0.717, 1.165) is 23.2 Å². The summed E-state index contributed by atoms with van der Waals surface area (Å²) in [6.07, 6.45) is 7.35. The Kier molecular flexibility index (Phi) is 3.85. The lowest BCUT2D eigenvalue weighted by molar-refractivity contribution is 0.0746. The molecule has 0 amide bonds. The smallest absolute Gasteiger partial charge is 0.168 e. The molecule has 5 rings (SSSR count). The van der Waals surface area contributed by atoms with E-state index in [1.807, 2.05) is 0 Å². The maximum atomic E-state index is 5.73. The van der Waals surface area contributed by atoms with E-state index in [2.05, 4.69) is 54.1 Å². The molecule has 1 aliphatic carbocycles. The minimum absolute atomic E-state index is 0.370. The molecule has 138 valence electrons. The minimum Gasteiger partial charge on any atom is -0.361 e. The van der Waals surface area contributed by atoms with Crippen molar-refractivity contribution in [3.63, 3.8) is 0 Å². The number of hydrogen-bond donors (Lipinski definition) is 1. The van der Waals surface area contributed by atoms with Gasteiger partial charge in [0.05, 0.1) is 11.1 Å². The summed E-state index contributed by atoms with van der Waals surface area (Å²) in [5.74, 6) is 1.91. The molecule has 1 saturated heterocycles. The lowest BCUT2D eigenvalue weighted by Gasteiger charge is -2.45. The number of aromatic nitrogens is 2. The molecule has 1 N–H and O–H groups in total. The molecule has 0 atom stereocenters. The molecule has 2 aromatic heterocycles. The zero-order chi connectivity index (χ0) is 17.8. The lowest BCUT2D eigenvalue weighted by atomic mass is 9.73. The van der Waals surface area contributed by atoms with Gasteiger partial charge in [0, 0.05) is 23.1 Å². The van der Waals surface area contributed by atoms with Crippen LogP contribution < -0.4 is 0 Å². The van der Waals surface area contributed by atoms with Crippen LogP contribution in [0.4, 0.5) is 0 Å². The summed E-state index contributed by atoms with van der Waals surface area (Å²) >= 11 is 0. The van der Waals surface area contributed by atoms with Crippen LogP contribution >= 0.6 is 0 Å². The van der Waals surface area contributed by atoms with Crippen molar-refractivity contribution in [2.75, 3.05) is 13.1 Å². The third-order valence-electron chi connectivity index (χ3n) is 6.77. The average molecular weight is 351 g/mol. The Bertz CT molecular complexity index is 924. The molecular formula is C22H29N3O. The molecule has 0 bridgehead atoms. The van der Waals surface area contributed by atoms with Gasteiger partial charge in [0.1, 0.15) is 0 Å². The van der Waals surface area contributed by atoms with Crippen molar-refractivity contribution in [3.05, 3.63) is 29.6 Å². The molecule has 4 heteroatoms. The number of likely N-dealkylation sites (tertiary alicyclic amines) is 1. The van der Waals surface area contributed by atoms with Gasteiger partial charge < -0.3 is 14.4 Å². The van der Waals surface area contributed by atoms with Crippen LogP contribution in [0.1, 0.15) is 69.5 Å². The highest BCUT2D eigenvalue weighted by molar-refractivity contribution is 6.07. The molecule has 26 heavy (non-hydrogen) atoms. The topological polar surface area (TPSA) is 45.1 Å². The van der Waals surface area contributed by atoms with Gasteiger partial charge in [-0.25, -0.2) is 0 Å². The second kappa shape index (κ2) is 6.12. The first-order chi connectivity index (χ1) is 12.6. The number of fused-ring (bicyclic) bond motifs is 3. The summed E-state index contributed by atoms with van der Waals surface area (Å²) in [6, 6.07) is 5.22. The quantitative estimate of drug-likeness (QED) is 0.686. The maximum absolute atomic E-state index is 5.73. The van der Waals surface area contributed by atoms with Gasteiger partial charge in [-0.3, -0.25) is 0 Å². The Morgan fingerprint density at radius 2 is 2.00 bits per heavy atom. The van der Waals surface area contributed by atoms with Gasteiger partial charge in [-0.05, 0) is 74.2 Å². The Morgan fingerprint density at radius 1 is 1.23 bits per heavy atom. The van der Waals surface area contributed by atoms with E-state index in [1.165, 1.54) is 60.6 Å². The third-order valence-corrected chi connectivity index (χ3v) is 6.77. The highest BCUT2D eigenvalue weighted by Gasteiger charge is 2.37. The monoisotopic (exact) mass is 351 g/mol. The molecule has 2 fully saturated rings. The van der Waals surface area contributed by atoms with Crippen LogP contribution in [0, 0.1) is 5.92 Å².